The lowest BCUT2D eigenvalue weighted by atomic mass is 10.1. The van der Waals surface area contributed by atoms with E-state index in [0.717, 1.165) is 11.1 Å². The highest BCUT2D eigenvalue weighted by Gasteiger charge is 2.13. The molecule has 0 aliphatic heterocycles. The van der Waals surface area contributed by atoms with E-state index in [4.69, 9.17) is 14.2 Å². The fraction of sp³-hybridized carbons (Fsp3) is 0.300. The van der Waals surface area contributed by atoms with E-state index >= 15 is 0 Å². The summed E-state index contributed by atoms with van der Waals surface area (Å²) in [6.45, 7) is 4.40. The highest BCUT2D eigenvalue weighted by atomic mass is 16.5. The van der Waals surface area contributed by atoms with E-state index in [1.54, 1.807) is 31.4 Å². The summed E-state index contributed by atoms with van der Waals surface area (Å²) in [5.41, 5.74) is 7.05. The van der Waals surface area contributed by atoms with E-state index in [1.165, 1.54) is 0 Å². The largest absolute Gasteiger partial charge is 0.490 e. The molecule has 7 nitrogen and oxygen atoms in total. The third-order valence-corrected chi connectivity index (χ3v) is 3.68. The number of hydrogen-bond acceptors (Lipinski definition) is 5. The van der Waals surface area contributed by atoms with Crippen molar-refractivity contribution < 1.29 is 23.8 Å². The van der Waals surface area contributed by atoms with Gasteiger partial charge in [0, 0.05) is 7.11 Å². The molecule has 2 rings (SSSR count). The molecule has 0 aliphatic rings. The van der Waals surface area contributed by atoms with E-state index in [2.05, 4.69) is 10.9 Å². The van der Waals surface area contributed by atoms with Gasteiger partial charge >= 0.3 is 0 Å². The smallest absolute Gasteiger partial charge is 0.276 e. The molecule has 0 radical (unpaired) electrons. The van der Waals surface area contributed by atoms with Crippen LogP contribution in [0.4, 0.5) is 0 Å². The van der Waals surface area contributed by atoms with Crippen molar-refractivity contribution in [3.8, 4) is 11.5 Å². The number of benzene rings is 2. The van der Waals surface area contributed by atoms with Gasteiger partial charge in [0.25, 0.3) is 11.8 Å². The molecule has 0 heterocycles. The van der Waals surface area contributed by atoms with Crippen LogP contribution in [0.5, 0.6) is 11.5 Å². The SMILES string of the molecule is COCCOc1ccccc1C(=O)NNC(=O)COc1ccc(C)cc1C. The Hall–Kier alpha value is -3.06. The van der Waals surface area contributed by atoms with Crippen LogP contribution in [-0.4, -0.2) is 38.7 Å². The number of nitrogens with one attached hydrogen (secondary N) is 2. The molecule has 0 bridgehead atoms. The molecule has 27 heavy (non-hydrogen) atoms. The standard InChI is InChI=1S/C20H24N2O5/c1-14-8-9-17(15(2)12-14)27-13-19(23)21-22-20(24)16-6-4-5-7-18(16)26-11-10-25-3/h4-9,12H,10-11,13H2,1-3H3,(H,21,23)(H,22,24). The average Bonchev–Trinajstić information content (AvgIpc) is 2.66. The van der Waals surface area contributed by atoms with Crippen molar-refractivity contribution in [3.05, 3.63) is 59.2 Å². The fourth-order valence-corrected chi connectivity index (χ4v) is 2.35. The molecule has 0 aromatic heterocycles. The molecule has 0 aliphatic carbocycles. The van der Waals surface area contributed by atoms with Gasteiger partial charge in [-0.1, -0.05) is 29.8 Å². The number of para-hydroxylation sites is 1. The lowest BCUT2D eigenvalue weighted by Gasteiger charge is -2.13. The molecule has 2 aromatic rings. The lowest BCUT2D eigenvalue weighted by Crippen LogP contribution is -2.44. The number of amides is 2. The maximum atomic E-state index is 12.3. The molecule has 0 fully saturated rings. The Morgan fingerprint density at radius 3 is 2.44 bits per heavy atom. The van der Waals surface area contributed by atoms with Crippen molar-refractivity contribution >= 4 is 11.8 Å². The third-order valence-electron chi connectivity index (χ3n) is 3.68. The van der Waals surface area contributed by atoms with Crippen LogP contribution in [-0.2, 0) is 9.53 Å². The summed E-state index contributed by atoms with van der Waals surface area (Å²) < 4.78 is 15.9. The van der Waals surface area contributed by atoms with E-state index in [0.29, 0.717) is 30.3 Å². The lowest BCUT2D eigenvalue weighted by molar-refractivity contribution is -0.123. The van der Waals surface area contributed by atoms with Crippen molar-refractivity contribution in [1.29, 1.82) is 0 Å². The van der Waals surface area contributed by atoms with Gasteiger partial charge in [-0.2, -0.15) is 0 Å². The summed E-state index contributed by atoms with van der Waals surface area (Å²) in [6.07, 6.45) is 0. The Morgan fingerprint density at radius 2 is 1.70 bits per heavy atom. The van der Waals surface area contributed by atoms with Crippen molar-refractivity contribution in [2.24, 2.45) is 0 Å². The molecule has 144 valence electrons. The number of aryl methyl sites for hydroxylation is 2. The van der Waals surface area contributed by atoms with Gasteiger partial charge in [0.1, 0.15) is 18.1 Å². The second-order valence-electron chi connectivity index (χ2n) is 5.90. The Labute approximate surface area is 158 Å². The molecule has 0 unspecified atom stereocenters. The summed E-state index contributed by atoms with van der Waals surface area (Å²) in [4.78, 5) is 24.2. The number of hydrazine groups is 1. The van der Waals surface area contributed by atoms with Crippen molar-refractivity contribution in [2.75, 3.05) is 26.9 Å². The minimum Gasteiger partial charge on any atom is -0.490 e. The van der Waals surface area contributed by atoms with Crippen LogP contribution in [0.2, 0.25) is 0 Å². The first-order valence-electron chi connectivity index (χ1n) is 8.51. The monoisotopic (exact) mass is 372 g/mol. The van der Waals surface area contributed by atoms with E-state index in [1.807, 2.05) is 32.0 Å². The normalized spacial score (nSPS) is 10.2. The molecule has 7 heteroatoms. The molecule has 2 aromatic carbocycles. The Balaban J connectivity index is 1.85. The highest BCUT2D eigenvalue weighted by molar-refractivity contribution is 5.97. The first-order chi connectivity index (χ1) is 13.0. The molecule has 0 spiro atoms. The maximum Gasteiger partial charge on any atom is 0.276 e. The fourth-order valence-electron chi connectivity index (χ4n) is 2.35. The molecule has 2 N–H and O–H groups in total. The molecule has 0 saturated heterocycles. The zero-order valence-electron chi connectivity index (χ0n) is 15.7. The van der Waals surface area contributed by atoms with Crippen LogP contribution in [0, 0.1) is 13.8 Å². The van der Waals surface area contributed by atoms with Crippen LogP contribution in [0.1, 0.15) is 21.5 Å². The van der Waals surface area contributed by atoms with Gasteiger partial charge in [-0.25, -0.2) is 0 Å². The first kappa shape index (κ1) is 20.3. The van der Waals surface area contributed by atoms with Crippen LogP contribution in [0.3, 0.4) is 0 Å². The number of ether oxygens (including phenoxy) is 3. The minimum atomic E-state index is -0.483. The maximum absolute atomic E-state index is 12.3. The average molecular weight is 372 g/mol. The van der Waals surface area contributed by atoms with Gasteiger partial charge in [-0.05, 0) is 37.6 Å². The van der Waals surface area contributed by atoms with Gasteiger partial charge in [0.2, 0.25) is 0 Å². The summed E-state index contributed by atoms with van der Waals surface area (Å²) in [6, 6.07) is 12.4. The third kappa shape index (κ3) is 6.31. The Kier molecular flexibility index (Phi) is 7.63. The van der Waals surface area contributed by atoms with E-state index < -0.39 is 11.8 Å². The number of methoxy groups -OCH3 is 1. The van der Waals surface area contributed by atoms with Gasteiger partial charge in [0.05, 0.1) is 12.2 Å². The van der Waals surface area contributed by atoms with Gasteiger partial charge in [-0.15, -0.1) is 0 Å². The molecule has 2 amide bonds. The Morgan fingerprint density at radius 1 is 0.926 bits per heavy atom. The predicted molar refractivity (Wildman–Crippen MR) is 101 cm³/mol. The summed E-state index contributed by atoms with van der Waals surface area (Å²) in [5, 5.41) is 0. The zero-order valence-corrected chi connectivity index (χ0v) is 15.7. The van der Waals surface area contributed by atoms with Gasteiger partial charge in [0.15, 0.2) is 6.61 Å². The zero-order chi connectivity index (χ0) is 19.6. The summed E-state index contributed by atoms with van der Waals surface area (Å²) in [7, 11) is 1.57. The second-order valence-corrected chi connectivity index (χ2v) is 5.90. The van der Waals surface area contributed by atoms with Crippen LogP contribution in [0.15, 0.2) is 42.5 Å². The van der Waals surface area contributed by atoms with Crippen LogP contribution >= 0.6 is 0 Å². The van der Waals surface area contributed by atoms with Crippen LogP contribution in [0.25, 0.3) is 0 Å². The number of hydrogen-bond donors (Lipinski definition) is 2. The van der Waals surface area contributed by atoms with Crippen molar-refractivity contribution in [2.45, 2.75) is 13.8 Å². The quantitative estimate of drug-likeness (QED) is 0.548. The molecule has 0 saturated carbocycles. The Bertz CT molecular complexity index is 792. The first-order valence-corrected chi connectivity index (χ1v) is 8.51. The second kappa shape index (κ2) is 10.2. The van der Waals surface area contributed by atoms with Gasteiger partial charge < -0.3 is 14.2 Å². The van der Waals surface area contributed by atoms with E-state index in [-0.39, 0.29) is 6.61 Å². The number of carbonyl (C=O) groups is 2. The highest BCUT2D eigenvalue weighted by Crippen LogP contribution is 2.19. The van der Waals surface area contributed by atoms with Crippen molar-refractivity contribution in [1.82, 2.24) is 10.9 Å². The predicted octanol–water partition coefficient (Wildman–Crippen LogP) is 2.17. The molecular weight excluding hydrogens is 348 g/mol. The number of carbonyl (C=O) groups excluding carboxylic acids is 2. The molecular formula is C20H24N2O5. The van der Waals surface area contributed by atoms with Crippen molar-refractivity contribution in [3.63, 3.8) is 0 Å². The van der Waals surface area contributed by atoms with E-state index in [9.17, 15) is 9.59 Å². The summed E-state index contributed by atoms with van der Waals surface area (Å²) >= 11 is 0. The number of rotatable bonds is 8. The topological polar surface area (TPSA) is 85.9 Å². The van der Waals surface area contributed by atoms with Crippen LogP contribution < -0.4 is 20.3 Å². The minimum absolute atomic E-state index is 0.212. The summed E-state index contributed by atoms with van der Waals surface area (Å²) in [5.74, 6) is 0.0794. The van der Waals surface area contributed by atoms with Gasteiger partial charge in [-0.3, -0.25) is 20.4 Å². The molecule has 0 atom stereocenters.